The van der Waals surface area contributed by atoms with Gasteiger partial charge in [-0.05, 0) is 49.3 Å². The summed E-state index contributed by atoms with van der Waals surface area (Å²) in [6.45, 7) is 0. The van der Waals surface area contributed by atoms with E-state index in [1.54, 1.807) is 14.2 Å². The second kappa shape index (κ2) is 10.2. The number of anilines is 1. The molecule has 5 N–H and O–H groups in total. The third-order valence-corrected chi connectivity index (χ3v) is 5.84. The van der Waals surface area contributed by atoms with Gasteiger partial charge in [0.25, 0.3) is 0 Å². The monoisotopic (exact) mass is 446 g/mol. The Bertz CT molecular complexity index is 1170. The normalized spacial score (nSPS) is 18.2. The standard InChI is InChI=1S/C25H30N6O2/c1-32-17-12-13-19-18(15-17)24(29-20-8-4-5-9-21(20)30-25(26)27)31-23(28-19)14-11-16-7-3-6-10-22(16)33-2/h3,6-7,10-15,20-21H,4-5,8-9H2,1-2H3,(H4,26,27,30)(H,28,29,31)/t20-,21+/m0/s1. The van der Waals surface area contributed by atoms with Crippen molar-refractivity contribution in [3.05, 3.63) is 53.9 Å². The maximum absolute atomic E-state index is 5.69. The Morgan fingerprint density at radius 2 is 1.85 bits per heavy atom. The number of guanidine groups is 1. The van der Waals surface area contributed by atoms with E-state index < -0.39 is 0 Å². The summed E-state index contributed by atoms with van der Waals surface area (Å²) in [5.74, 6) is 2.98. The summed E-state index contributed by atoms with van der Waals surface area (Å²) in [7, 11) is 3.31. The van der Waals surface area contributed by atoms with Crippen LogP contribution in [0.3, 0.4) is 0 Å². The molecule has 1 fully saturated rings. The fraction of sp³-hybridized carbons (Fsp3) is 0.320. The lowest BCUT2D eigenvalue weighted by Crippen LogP contribution is -2.38. The summed E-state index contributed by atoms with van der Waals surface area (Å²) >= 11 is 0. The quantitative estimate of drug-likeness (QED) is 0.373. The van der Waals surface area contributed by atoms with Gasteiger partial charge in [0.2, 0.25) is 0 Å². The molecule has 0 spiro atoms. The van der Waals surface area contributed by atoms with Crippen molar-refractivity contribution in [2.45, 2.75) is 37.8 Å². The highest BCUT2D eigenvalue weighted by Crippen LogP contribution is 2.30. The van der Waals surface area contributed by atoms with E-state index in [0.717, 1.165) is 59.5 Å². The van der Waals surface area contributed by atoms with E-state index in [-0.39, 0.29) is 18.0 Å². The number of hydrogen-bond acceptors (Lipinski definition) is 6. The molecular formula is C25H30N6O2. The van der Waals surface area contributed by atoms with Crippen LogP contribution in [0.5, 0.6) is 11.5 Å². The van der Waals surface area contributed by atoms with E-state index in [1.807, 2.05) is 54.6 Å². The second-order valence-electron chi connectivity index (χ2n) is 8.05. The van der Waals surface area contributed by atoms with Gasteiger partial charge in [0.05, 0.1) is 31.8 Å². The number of ether oxygens (including phenoxy) is 2. The Kier molecular flexibility index (Phi) is 6.92. The number of nitrogens with one attached hydrogen (secondary N) is 1. The van der Waals surface area contributed by atoms with Gasteiger partial charge in [0, 0.05) is 10.9 Å². The number of aromatic nitrogens is 2. The highest BCUT2D eigenvalue weighted by Gasteiger charge is 2.26. The van der Waals surface area contributed by atoms with Gasteiger partial charge >= 0.3 is 0 Å². The van der Waals surface area contributed by atoms with Gasteiger partial charge in [-0.2, -0.15) is 0 Å². The smallest absolute Gasteiger partial charge is 0.186 e. The Morgan fingerprint density at radius 1 is 1.03 bits per heavy atom. The largest absolute Gasteiger partial charge is 0.497 e. The van der Waals surface area contributed by atoms with Gasteiger partial charge < -0.3 is 26.3 Å². The summed E-state index contributed by atoms with van der Waals surface area (Å²) in [5.41, 5.74) is 13.2. The third kappa shape index (κ3) is 5.34. The molecule has 1 aliphatic rings. The molecule has 1 aliphatic carbocycles. The SMILES string of the molecule is COc1ccc2nc(C=Cc3ccccc3OC)nc(N[C@H]3CCCC[C@H]3N=C(N)N)c2c1. The number of methoxy groups -OCH3 is 2. The minimum Gasteiger partial charge on any atom is -0.497 e. The fourth-order valence-electron chi connectivity index (χ4n) is 4.21. The van der Waals surface area contributed by atoms with Gasteiger partial charge in [0.15, 0.2) is 11.8 Å². The molecular weight excluding hydrogens is 416 g/mol. The minimum atomic E-state index is 0.00643. The first-order chi connectivity index (χ1) is 16.1. The second-order valence-corrected chi connectivity index (χ2v) is 8.05. The molecule has 0 amide bonds. The summed E-state index contributed by atoms with van der Waals surface area (Å²) in [6.07, 6.45) is 7.95. The average molecular weight is 447 g/mol. The molecule has 0 saturated heterocycles. The first-order valence-corrected chi connectivity index (χ1v) is 11.1. The van der Waals surface area contributed by atoms with Crippen molar-refractivity contribution >= 4 is 34.8 Å². The van der Waals surface area contributed by atoms with Crippen molar-refractivity contribution < 1.29 is 9.47 Å². The van der Waals surface area contributed by atoms with Crippen molar-refractivity contribution in [2.75, 3.05) is 19.5 Å². The van der Waals surface area contributed by atoms with E-state index in [1.165, 1.54) is 0 Å². The van der Waals surface area contributed by atoms with Gasteiger partial charge in [0.1, 0.15) is 17.3 Å². The summed E-state index contributed by atoms with van der Waals surface area (Å²) < 4.78 is 10.9. The lowest BCUT2D eigenvalue weighted by molar-refractivity contribution is 0.405. The Hall–Kier alpha value is -3.81. The molecule has 8 heteroatoms. The molecule has 0 radical (unpaired) electrons. The van der Waals surface area contributed by atoms with Crippen LogP contribution in [0.4, 0.5) is 5.82 Å². The lowest BCUT2D eigenvalue weighted by atomic mass is 9.90. The Labute approximate surface area is 193 Å². The summed E-state index contributed by atoms with van der Waals surface area (Å²) in [6, 6.07) is 13.7. The maximum Gasteiger partial charge on any atom is 0.186 e. The summed E-state index contributed by atoms with van der Waals surface area (Å²) in [5, 5.41) is 4.50. The van der Waals surface area contributed by atoms with Crippen LogP contribution in [0.1, 0.15) is 37.1 Å². The van der Waals surface area contributed by atoms with E-state index in [2.05, 4.69) is 10.3 Å². The number of para-hydroxylation sites is 1. The highest BCUT2D eigenvalue weighted by molar-refractivity contribution is 5.91. The minimum absolute atomic E-state index is 0.00643. The van der Waals surface area contributed by atoms with E-state index in [0.29, 0.717) is 5.82 Å². The number of fused-ring (bicyclic) bond motifs is 1. The number of benzene rings is 2. The highest BCUT2D eigenvalue weighted by atomic mass is 16.5. The molecule has 1 saturated carbocycles. The van der Waals surface area contributed by atoms with Crippen LogP contribution >= 0.6 is 0 Å². The Morgan fingerprint density at radius 3 is 2.64 bits per heavy atom. The number of rotatable bonds is 7. The number of nitrogens with zero attached hydrogens (tertiary/aromatic N) is 3. The van der Waals surface area contributed by atoms with Crippen LogP contribution in [-0.2, 0) is 0 Å². The molecule has 3 aromatic rings. The van der Waals surface area contributed by atoms with Crippen LogP contribution < -0.4 is 26.3 Å². The van der Waals surface area contributed by atoms with Gasteiger partial charge in [-0.3, -0.25) is 0 Å². The van der Waals surface area contributed by atoms with Crippen molar-refractivity contribution in [2.24, 2.45) is 16.5 Å². The number of hydrogen-bond donors (Lipinski definition) is 3. The van der Waals surface area contributed by atoms with E-state index >= 15 is 0 Å². The molecule has 0 aliphatic heterocycles. The zero-order chi connectivity index (χ0) is 23.2. The first-order valence-electron chi connectivity index (χ1n) is 11.1. The van der Waals surface area contributed by atoms with Crippen LogP contribution in [0.25, 0.3) is 23.1 Å². The van der Waals surface area contributed by atoms with Crippen molar-refractivity contribution in [3.8, 4) is 11.5 Å². The first kappa shape index (κ1) is 22.4. The Balaban J connectivity index is 1.73. The van der Waals surface area contributed by atoms with Gasteiger partial charge in [-0.1, -0.05) is 31.0 Å². The van der Waals surface area contributed by atoms with Gasteiger partial charge in [-0.25, -0.2) is 15.0 Å². The zero-order valence-corrected chi connectivity index (χ0v) is 19.0. The van der Waals surface area contributed by atoms with E-state index in [9.17, 15) is 0 Å². The van der Waals surface area contributed by atoms with E-state index in [4.69, 9.17) is 30.9 Å². The predicted octanol–water partition coefficient (Wildman–Crippen LogP) is 3.81. The molecule has 2 atom stereocenters. The number of aliphatic imine (C=N–C) groups is 1. The topological polar surface area (TPSA) is 121 Å². The molecule has 1 heterocycles. The number of nitrogens with two attached hydrogens (primary N) is 2. The third-order valence-electron chi connectivity index (χ3n) is 5.84. The van der Waals surface area contributed by atoms with Crippen molar-refractivity contribution in [3.63, 3.8) is 0 Å². The van der Waals surface area contributed by atoms with Gasteiger partial charge in [-0.15, -0.1) is 0 Å². The molecule has 0 bridgehead atoms. The van der Waals surface area contributed by atoms with Crippen LogP contribution in [0, 0.1) is 0 Å². The molecule has 172 valence electrons. The molecule has 8 nitrogen and oxygen atoms in total. The predicted molar refractivity (Wildman–Crippen MR) is 133 cm³/mol. The summed E-state index contributed by atoms with van der Waals surface area (Å²) in [4.78, 5) is 14.0. The molecule has 1 aromatic heterocycles. The molecule has 33 heavy (non-hydrogen) atoms. The lowest BCUT2D eigenvalue weighted by Gasteiger charge is -2.30. The fourth-order valence-corrected chi connectivity index (χ4v) is 4.21. The van der Waals surface area contributed by atoms with Crippen LogP contribution in [0.15, 0.2) is 47.5 Å². The van der Waals surface area contributed by atoms with Crippen LogP contribution in [0.2, 0.25) is 0 Å². The maximum atomic E-state index is 5.69. The van der Waals surface area contributed by atoms with Crippen molar-refractivity contribution in [1.29, 1.82) is 0 Å². The van der Waals surface area contributed by atoms with Crippen LogP contribution in [-0.4, -0.2) is 42.2 Å². The average Bonchev–Trinajstić information content (AvgIpc) is 2.83. The molecule has 2 aromatic carbocycles. The molecule has 0 unspecified atom stereocenters. The molecule has 4 rings (SSSR count). The van der Waals surface area contributed by atoms with Crippen molar-refractivity contribution in [1.82, 2.24) is 9.97 Å². The zero-order valence-electron chi connectivity index (χ0n) is 19.0.